The minimum absolute atomic E-state index is 0.167. The quantitative estimate of drug-likeness (QED) is 0.179. The summed E-state index contributed by atoms with van der Waals surface area (Å²) in [6.45, 7) is 7.15. The highest BCUT2D eigenvalue weighted by Gasteiger charge is 2.36. The first kappa shape index (κ1) is 27.3. The van der Waals surface area contributed by atoms with E-state index in [1.165, 1.54) is 6.07 Å². The molecule has 1 aromatic heterocycles. The van der Waals surface area contributed by atoms with Gasteiger partial charge in [-0.3, -0.25) is 8.32 Å². The highest BCUT2D eigenvalue weighted by Crippen LogP contribution is 2.41. The van der Waals surface area contributed by atoms with Crippen molar-refractivity contribution in [2.24, 2.45) is 5.41 Å². The van der Waals surface area contributed by atoms with Crippen molar-refractivity contribution in [1.29, 1.82) is 0 Å². The lowest BCUT2D eigenvalue weighted by Crippen LogP contribution is -2.44. The largest absolute Gasteiger partial charge is 0.387 e. The van der Waals surface area contributed by atoms with Crippen LogP contribution in [0, 0.1) is 17.0 Å². The number of amides is 1. The SMILES string of the molecule is CC(C)(C)C(c1cc(-c2cc(F)ccc2F)cn1Cc1ccccc1)N(CCCNI)C(=O)CO. The molecule has 1 unspecified atom stereocenters. The topological polar surface area (TPSA) is 57.5 Å². The number of aromatic nitrogens is 1. The van der Waals surface area contributed by atoms with Crippen molar-refractivity contribution >= 4 is 28.8 Å². The van der Waals surface area contributed by atoms with Crippen LogP contribution in [-0.4, -0.2) is 40.2 Å². The van der Waals surface area contributed by atoms with E-state index >= 15 is 0 Å². The maximum absolute atomic E-state index is 14.7. The number of rotatable bonds is 10. The lowest BCUT2D eigenvalue weighted by atomic mass is 9.83. The average molecular weight is 595 g/mol. The van der Waals surface area contributed by atoms with Crippen LogP contribution in [0.25, 0.3) is 11.1 Å². The molecule has 35 heavy (non-hydrogen) atoms. The van der Waals surface area contributed by atoms with Crippen molar-refractivity contribution in [3.8, 4) is 11.1 Å². The molecule has 3 rings (SSSR count). The number of aliphatic hydroxyl groups excluding tert-OH is 1. The van der Waals surface area contributed by atoms with E-state index in [1.54, 1.807) is 4.90 Å². The van der Waals surface area contributed by atoms with Gasteiger partial charge in [0.15, 0.2) is 0 Å². The first-order valence-electron chi connectivity index (χ1n) is 11.6. The van der Waals surface area contributed by atoms with Crippen molar-refractivity contribution < 1.29 is 18.7 Å². The highest BCUT2D eigenvalue weighted by molar-refractivity contribution is 14.1. The number of carbonyl (C=O) groups is 1. The van der Waals surface area contributed by atoms with E-state index in [0.717, 1.165) is 23.4 Å². The van der Waals surface area contributed by atoms with Gasteiger partial charge in [0.2, 0.25) is 5.91 Å². The highest BCUT2D eigenvalue weighted by atomic mass is 127. The summed E-state index contributed by atoms with van der Waals surface area (Å²) >= 11 is 2.07. The molecule has 8 heteroatoms. The third-order valence-electron chi connectivity index (χ3n) is 5.90. The minimum Gasteiger partial charge on any atom is -0.387 e. The summed E-state index contributed by atoms with van der Waals surface area (Å²) in [7, 11) is 0. The zero-order valence-electron chi connectivity index (χ0n) is 20.3. The molecule has 2 aromatic carbocycles. The molecule has 0 spiro atoms. The Morgan fingerprint density at radius 1 is 1.14 bits per heavy atom. The second kappa shape index (κ2) is 12.1. The zero-order chi connectivity index (χ0) is 25.6. The number of halogens is 3. The van der Waals surface area contributed by atoms with Gasteiger partial charge in [-0.2, -0.15) is 0 Å². The smallest absolute Gasteiger partial charge is 0.248 e. The molecular weight excluding hydrogens is 563 g/mol. The maximum Gasteiger partial charge on any atom is 0.248 e. The summed E-state index contributed by atoms with van der Waals surface area (Å²) in [5.74, 6) is -1.41. The van der Waals surface area contributed by atoms with Crippen molar-refractivity contribution in [2.45, 2.75) is 39.8 Å². The summed E-state index contributed by atoms with van der Waals surface area (Å²) in [6.07, 6.45) is 2.51. The Morgan fingerprint density at radius 2 is 1.86 bits per heavy atom. The van der Waals surface area contributed by atoms with Crippen molar-refractivity contribution in [3.05, 3.63) is 83.7 Å². The molecule has 0 aliphatic carbocycles. The summed E-state index contributed by atoms with van der Waals surface area (Å²) < 4.78 is 33.8. The first-order valence-corrected chi connectivity index (χ1v) is 12.7. The van der Waals surface area contributed by atoms with Gasteiger partial charge in [0.25, 0.3) is 0 Å². The third-order valence-corrected chi connectivity index (χ3v) is 6.44. The van der Waals surface area contributed by atoms with Crippen molar-refractivity contribution in [3.63, 3.8) is 0 Å². The van der Waals surface area contributed by atoms with E-state index in [4.69, 9.17) is 0 Å². The van der Waals surface area contributed by atoms with Crippen LogP contribution in [0.3, 0.4) is 0 Å². The van der Waals surface area contributed by atoms with Gasteiger partial charge < -0.3 is 14.6 Å². The average Bonchev–Trinajstić information content (AvgIpc) is 3.22. The minimum atomic E-state index is -0.602. The van der Waals surface area contributed by atoms with Crippen LogP contribution in [0.2, 0.25) is 0 Å². The van der Waals surface area contributed by atoms with Gasteiger partial charge >= 0.3 is 0 Å². The van der Waals surface area contributed by atoms with Gasteiger partial charge in [0.1, 0.15) is 18.2 Å². The van der Waals surface area contributed by atoms with Crippen LogP contribution in [0.4, 0.5) is 8.78 Å². The first-order chi connectivity index (χ1) is 16.7. The summed E-state index contributed by atoms with van der Waals surface area (Å²) in [5.41, 5.74) is 2.13. The fourth-order valence-electron chi connectivity index (χ4n) is 4.42. The molecule has 1 heterocycles. The predicted molar refractivity (Wildman–Crippen MR) is 143 cm³/mol. The number of hydrogen-bond donors (Lipinski definition) is 2. The number of nitrogens with zero attached hydrogens (tertiary/aromatic N) is 2. The van der Waals surface area contributed by atoms with Crippen LogP contribution < -0.4 is 3.53 Å². The van der Waals surface area contributed by atoms with Crippen LogP contribution >= 0.6 is 22.9 Å². The molecule has 1 atom stereocenters. The van der Waals surface area contributed by atoms with Crippen LogP contribution in [-0.2, 0) is 11.3 Å². The predicted octanol–water partition coefficient (Wildman–Crippen LogP) is 5.72. The van der Waals surface area contributed by atoms with E-state index in [1.807, 2.05) is 67.9 Å². The maximum atomic E-state index is 14.7. The van der Waals surface area contributed by atoms with Gasteiger partial charge in [-0.25, -0.2) is 8.78 Å². The Kier molecular flexibility index (Phi) is 9.43. The van der Waals surface area contributed by atoms with Gasteiger partial charge in [-0.1, -0.05) is 51.1 Å². The van der Waals surface area contributed by atoms with Crippen LogP contribution in [0.1, 0.15) is 44.5 Å². The normalized spacial score (nSPS) is 12.5. The van der Waals surface area contributed by atoms with Crippen LogP contribution in [0.15, 0.2) is 60.8 Å². The van der Waals surface area contributed by atoms with Gasteiger partial charge in [-0.05, 0) is 41.7 Å². The van der Waals surface area contributed by atoms with E-state index in [2.05, 4.69) is 26.4 Å². The Balaban J connectivity index is 2.18. The Hall–Kier alpha value is -2.30. The zero-order valence-corrected chi connectivity index (χ0v) is 22.4. The molecule has 2 N–H and O–H groups in total. The van der Waals surface area contributed by atoms with Crippen LogP contribution in [0.5, 0.6) is 0 Å². The summed E-state index contributed by atoms with van der Waals surface area (Å²) in [4.78, 5) is 14.7. The van der Waals surface area contributed by atoms with E-state index < -0.39 is 29.7 Å². The molecule has 0 aliphatic rings. The summed E-state index contributed by atoms with van der Waals surface area (Å²) in [6, 6.07) is 14.7. The lowest BCUT2D eigenvalue weighted by Gasteiger charge is -2.41. The fraction of sp³-hybridized carbons (Fsp3) is 0.370. The Labute approximate surface area is 219 Å². The molecule has 1 amide bonds. The standard InChI is InChI=1S/C27H32F2IN3O2/c1-27(2,3)26(33(25(35)18-34)13-7-12-31-30)24-14-20(22-15-21(28)10-11-23(22)29)17-32(24)16-19-8-5-4-6-9-19/h4-6,8-11,14-15,17,26,31,34H,7,12-13,16,18H2,1-3H3. The number of hydrogen-bond acceptors (Lipinski definition) is 3. The van der Waals surface area contributed by atoms with Gasteiger partial charge in [0, 0.05) is 65.5 Å². The molecule has 3 aromatic rings. The van der Waals surface area contributed by atoms with E-state index in [9.17, 15) is 18.7 Å². The fourth-order valence-corrected chi connectivity index (χ4v) is 4.80. The lowest BCUT2D eigenvalue weighted by molar-refractivity contribution is -0.139. The molecule has 0 aliphatic heterocycles. The second-order valence-corrected chi connectivity index (χ2v) is 10.4. The Bertz CT molecular complexity index is 1130. The number of carbonyl (C=O) groups excluding carboxylic acids is 1. The van der Waals surface area contributed by atoms with E-state index in [-0.39, 0.29) is 11.5 Å². The molecule has 0 fully saturated rings. The monoisotopic (exact) mass is 595 g/mol. The molecule has 0 saturated heterocycles. The summed E-state index contributed by atoms with van der Waals surface area (Å²) in [5, 5.41) is 9.77. The number of aliphatic hydroxyl groups is 1. The van der Waals surface area contributed by atoms with Gasteiger partial charge in [0.05, 0.1) is 6.04 Å². The molecule has 0 bridgehead atoms. The third kappa shape index (κ3) is 6.89. The Morgan fingerprint density at radius 3 is 2.49 bits per heavy atom. The van der Waals surface area contributed by atoms with Gasteiger partial charge in [-0.15, -0.1) is 0 Å². The molecule has 0 saturated carbocycles. The molecule has 5 nitrogen and oxygen atoms in total. The number of nitrogens with one attached hydrogen (secondary N) is 1. The van der Waals surface area contributed by atoms with E-state index in [0.29, 0.717) is 31.6 Å². The molecule has 0 radical (unpaired) electrons. The van der Waals surface area contributed by atoms with Crippen molar-refractivity contribution in [2.75, 3.05) is 19.7 Å². The molecular formula is C27H32F2IN3O2. The number of benzene rings is 2. The molecule has 188 valence electrons. The van der Waals surface area contributed by atoms with Crippen molar-refractivity contribution in [1.82, 2.24) is 13.0 Å². The second-order valence-electron chi connectivity index (χ2n) is 9.64.